The third-order valence-corrected chi connectivity index (χ3v) is 5.64. The topological polar surface area (TPSA) is 64.4 Å². The summed E-state index contributed by atoms with van der Waals surface area (Å²) in [6.07, 6.45) is 0. The number of aryl methyl sites for hydroxylation is 1. The second kappa shape index (κ2) is 8.02. The molecule has 1 heterocycles. The number of methoxy groups -OCH3 is 1. The summed E-state index contributed by atoms with van der Waals surface area (Å²) in [4.78, 5) is 17.6. The fraction of sp³-hybridized carbons (Fsp3) is 0.0769. The van der Waals surface area contributed by atoms with Gasteiger partial charge in [-0.05, 0) is 65.7 Å². The van der Waals surface area contributed by atoms with E-state index in [-0.39, 0.29) is 5.91 Å². The number of amides is 1. The minimum Gasteiger partial charge on any atom is -0.496 e. The molecule has 5 aromatic rings. The zero-order valence-electron chi connectivity index (χ0n) is 17.5. The number of nitrogens with one attached hydrogen (secondary N) is 1. The van der Waals surface area contributed by atoms with E-state index in [9.17, 15) is 4.79 Å². The van der Waals surface area contributed by atoms with Gasteiger partial charge in [-0.2, -0.15) is 0 Å². The van der Waals surface area contributed by atoms with E-state index in [0.29, 0.717) is 39.1 Å². The summed E-state index contributed by atoms with van der Waals surface area (Å²) in [6, 6.07) is 22.5. The van der Waals surface area contributed by atoms with Gasteiger partial charge in [0.05, 0.1) is 23.3 Å². The minimum atomic E-state index is -0.283. The molecule has 0 saturated carbocycles. The number of nitrogens with zero attached hydrogens (tertiary/aromatic N) is 1. The molecule has 0 aliphatic rings. The van der Waals surface area contributed by atoms with Crippen molar-refractivity contribution in [3.63, 3.8) is 0 Å². The van der Waals surface area contributed by atoms with Gasteiger partial charge in [-0.25, -0.2) is 4.98 Å². The largest absolute Gasteiger partial charge is 0.496 e. The maximum absolute atomic E-state index is 13.1. The van der Waals surface area contributed by atoms with Gasteiger partial charge in [-0.15, -0.1) is 0 Å². The number of hydrogen-bond donors (Lipinski definition) is 1. The van der Waals surface area contributed by atoms with Crippen LogP contribution in [0.25, 0.3) is 33.3 Å². The summed E-state index contributed by atoms with van der Waals surface area (Å²) >= 11 is 6.42. The molecular weight excluding hydrogens is 424 g/mol. The van der Waals surface area contributed by atoms with Gasteiger partial charge < -0.3 is 14.5 Å². The average Bonchev–Trinajstić information content (AvgIpc) is 3.22. The third kappa shape index (κ3) is 3.67. The Bertz CT molecular complexity index is 1490. The molecule has 1 aromatic heterocycles. The first-order chi connectivity index (χ1) is 15.5. The summed E-state index contributed by atoms with van der Waals surface area (Å²) in [6.45, 7) is 1.99. The number of hydrogen-bond acceptors (Lipinski definition) is 4. The van der Waals surface area contributed by atoms with Gasteiger partial charge in [0.2, 0.25) is 5.89 Å². The van der Waals surface area contributed by atoms with Gasteiger partial charge in [0.15, 0.2) is 5.58 Å². The van der Waals surface area contributed by atoms with Gasteiger partial charge >= 0.3 is 0 Å². The monoisotopic (exact) mass is 442 g/mol. The van der Waals surface area contributed by atoms with Crippen molar-refractivity contribution in [1.82, 2.24) is 4.98 Å². The van der Waals surface area contributed by atoms with Crippen LogP contribution in [0.4, 0.5) is 5.69 Å². The number of fused-ring (bicyclic) bond motifs is 2. The maximum atomic E-state index is 13.1. The number of benzene rings is 4. The van der Waals surface area contributed by atoms with E-state index in [2.05, 4.69) is 10.3 Å². The number of ether oxygens (including phenoxy) is 1. The molecule has 5 nitrogen and oxygen atoms in total. The average molecular weight is 443 g/mol. The summed E-state index contributed by atoms with van der Waals surface area (Å²) < 4.78 is 11.4. The molecule has 6 heteroatoms. The van der Waals surface area contributed by atoms with E-state index in [1.807, 2.05) is 61.5 Å². The van der Waals surface area contributed by atoms with Crippen molar-refractivity contribution in [2.75, 3.05) is 12.4 Å². The van der Waals surface area contributed by atoms with Crippen LogP contribution in [-0.4, -0.2) is 18.0 Å². The molecule has 0 unspecified atom stereocenters. The van der Waals surface area contributed by atoms with Gasteiger partial charge in [-0.1, -0.05) is 41.9 Å². The van der Waals surface area contributed by atoms with Crippen molar-refractivity contribution < 1.29 is 13.9 Å². The maximum Gasteiger partial charge on any atom is 0.259 e. The van der Waals surface area contributed by atoms with Crippen molar-refractivity contribution >= 4 is 45.1 Å². The molecule has 4 aromatic carbocycles. The highest BCUT2D eigenvalue weighted by molar-refractivity contribution is 6.33. The Kier molecular flexibility index (Phi) is 5.04. The molecule has 0 saturated heterocycles. The molecule has 1 N–H and O–H groups in total. The van der Waals surface area contributed by atoms with Crippen LogP contribution in [0.5, 0.6) is 5.75 Å². The van der Waals surface area contributed by atoms with Crippen LogP contribution in [0.3, 0.4) is 0 Å². The Balaban J connectivity index is 1.50. The van der Waals surface area contributed by atoms with Crippen molar-refractivity contribution in [3.05, 3.63) is 88.9 Å². The van der Waals surface area contributed by atoms with Crippen LogP contribution in [0, 0.1) is 6.92 Å². The Morgan fingerprint density at radius 1 is 1.00 bits per heavy atom. The van der Waals surface area contributed by atoms with Crippen LogP contribution in [-0.2, 0) is 0 Å². The van der Waals surface area contributed by atoms with Gasteiger partial charge in [0.1, 0.15) is 11.3 Å². The smallest absolute Gasteiger partial charge is 0.259 e. The first kappa shape index (κ1) is 20.1. The minimum absolute atomic E-state index is 0.283. The SMILES string of the molecule is COc1cc2ccccc2cc1C(=O)Nc1ccc(Cl)c(-c2nc3ccc(C)cc3o2)c1. The van der Waals surface area contributed by atoms with Crippen molar-refractivity contribution in [2.24, 2.45) is 0 Å². The van der Waals surface area contributed by atoms with E-state index < -0.39 is 0 Å². The number of carbonyl (C=O) groups is 1. The highest BCUT2D eigenvalue weighted by atomic mass is 35.5. The van der Waals surface area contributed by atoms with Gasteiger partial charge in [0.25, 0.3) is 5.91 Å². The predicted molar refractivity (Wildman–Crippen MR) is 128 cm³/mol. The quantitative estimate of drug-likeness (QED) is 0.330. The second-order valence-corrected chi connectivity index (χ2v) is 7.95. The van der Waals surface area contributed by atoms with Crippen molar-refractivity contribution in [2.45, 2.75) is 6.92 Å². The van der Waals surface area contributed by atoms with Crippen LogP contribution in [0.1, 0.15) is 15.9 Å². The molecule has 0 atom stereocenters. The lowest BCUT2D eigenvalue weighted by molar-refractivity contribution is 0.102. The van der Waals surface area contributed by atoms with E-state index in [0.717, 1.165) is 21.9 Å². The first-order valence-corrected chi connectivity index (χ1v) is 10.4. The van der Waals surface area contributed by atoms with Crippen LogP contribution >= 0.6 is 11.6 Å². The molecule has 0 spiro atoms. The first-order valence-electron chi connectivity index (χ1n) is 10.1. The highest BCUT2D eigenvalue weighted by Crippen LogP contribution is 2.33. The Labute approximate surface area is 189 Å². The van der Waals surface area contributed by atoms with Crippen molar-refractivity contribution in [1.29, 1.82) is 0 Å². The van der Waals surface area contributed by atoms with E-state index in [1.54, 1.807) is 25.3 Å². The fourth-order valence-electron chi connectivity index (χ4n) is 3.68. The van der Waals surface area contributed by atoms with Crippen LogP contribution in [0.2, 0.25) is 5.02 Å². The van der Waals surface area contributed by atoms with Crippen LogP contribution < -0.4 is 10.1 Å². The number of anilines is 1. The standard InChI is InChI=1S/C26H19ClN2O3/c1-15-7-10-22-24(11-15)32-26(29-22)19-14-18(8-9-21(19)27)28-25(30)20-12-16-5-3-4-6-17(16)13-23(20)31-2/h3-14H,1-2H3,(H,28,30). The van der Waals surface area contributed by atoms with Crippen molar-refractivity contribution in [3.8, 4) is 17.2 Å². The Hall–Kier alpha value is -3.83. The normalized spacial score (nSPS) is 11.1. The Morgan fingerprint density at radius 2 is 1.78 bits per heavy atom. The van der Waals surface area contributed by atoms with E-state index in [4.69, 9.17) is 20.8 Å². The lowest BCUT2D eigenvalue weighted by Crippen LogP contribution is -2.13. The summed E-state index contributed by atoms with van der Waals surface area (Å²) in [5, 5.41) is 5.37. The molecule has 1 amide bonds. The number of rotatable bonds is 4. The molecule has 0 bridgehead atoms. The lowest BCUT2D eigenvalue weighted by Gasteiger charge is -2.12. The molecule has 0 radical (unpaired) electrons. The Morgan fingerprint density at radius 3 is 2.56 bits per heavy atom. The van der Waals surface area contributed by atoms with E-state index in [1.165, 1.54) is 0 Å². The summed E-state index contributed by atoms with van der Waals surface area (Å²) in [7, 11) is 1.55. The predicted octanol–water partition coefficient (Wildman–Crippen LogP) is 6.87. The van der Waals surface area contributed by atoms with Gasteiger partial charge in [-0.3, -0.25) is 4.79 Å². The molecular formula is C26H19ClN2O3. The van der Waals surface area contributed by atoms with Gasteiger partial charge in [0, 0.05) is 5.69 Å². The zero-order chi connectivity index (χ0) is 22.2. The molecule has 5 rings (SSSR count). The molecule has 0 aliphatic heterocycles. The number of oxazole rings is 1. The zero-order valence-corrected chi connectivity index (χ0v) is 18.2. The second-order valence-electron chi connectivity index (χ2n) is 7.54. The number of halogens is 1. The lowest BCUT2D eigenvalue weighted by atomic mass is 10.1. The molecule has 0 aliphatic carbocycles. The molecule has 32 heavy (non-hydrogen) atoms. The summed E-state index contributed by atoms with van der Waals surface area (Å²) in [5.41, 5.74) is 4.13. The highest BCUT2D eigenvalue weighted by Gasteiger charge is 2.17. The third-order valence-electron chi connectivity index (χ3n) is 5.31. The summed E-state index contributed by atoms with van der Waals surface area (Å²) in [5.74, 6) is 0.619. The molecule has 158 valence electrons. The van der Waals surface area contributed by atoms with E-state index >= 15 is 0 Å². The number of carbonyl (C=O) groups excluding carboxylic acids is 1. The number of aromatic nitrogens is 1. The van der Waals surface area contributed by atoms with Crippen LogP contribution in [0.15, 0.2) is 77.2 Å². The fourth-order valence-corrected chi connectivity index (χ4v) is 3.88. The molecule has 0 fully saturated rings.